The standard InChI is InChI=1S/C13H22N2O/c1-3-15-7-4-5-13(15)10-14(2)9-12-6-8-16-11-12/h6,8,11,13H,3-5,7,9-10H2,1-2H3. The molecule has 90 valence electrons. The molecule has 0 radical (unpaired) electrons. The van der Waals surface area contributed by atoms with Gasteiger partial charge < -0.3 is 9.32 Å². The summed E-state index contributed by atoms with van der Waals surface area (Å²) in [6.45, 7) is 6.88. The summed E-state index contributed by atoms with van der Waals surface area (Å²) in [5.74, 6) is 0. The first-order valence-electron chi connectivity index (χ1n) is 6.23. The van der Waals surface area contributed by atoms with Crippen molar-refractivity contribution < 1.29 is 4.42 Å². The maximum Gasteiger partial charge on any atom is 0.0947 e. The molecule has 0 aromatic carbocycles. The molecule has 0 aliphatic carbocycles. The Morgan fingerprint density at radius 1 is 1.56 bits per heavy atom. The predicted octanol–water partition coefficient (Wildman–Crippen LogP) is 2.20. The minimum absolute atomic E-state index is 0.752. The summed E-state index contributed by atoms with van der Waals surface area (Å²) in [5.41, 5.74) is 1.27. The monoisotopic (exact) mass is 222 g/mol. The van der Waals surface area contributed by atoms with Crippen molar-refractivity contribution in [3.8, 4) is 0 Å². The third-order valence-electron chi connectivity index (χ3n) is 3.46. The molecule has 0 amide bonds. The zero-order chi connectivity index (χ0) is 11.4. The lowest BCUT2D eigenvalue weighted by Gasteiger charge is -2.27. The molecule has 0 N–H and O–H groups in total. The van der Waals surface area contributed by atoms with Crippen LogP contribution in [0.25, 0.3) is 0 Å². The van der Waals surface area contributed by atoms with Crippen molar-refractivity contribution in [2.24, 2.45) is 0 Å². The SMILES string of the molecule is CCN1CCCC1CN(C)Cc1ccoc1. The largest absolute Gasteiger partial charge is 0.472 e. The van der Waals surface area contributed by atoms with Gasteiger partial charge in [0.15, 0.2) is 0 Å². The molecule has 3 nitrogen and oxygen atoms in total. The summed E-state index contributed by atoms with van der Waals surface area (Å²) in [5, 5.41) is 0. The van der Waals surface area contributed by atoms with Crippen LogP contribution >= 0.6 is 0 Å². The van der Waals surface area contributed by atoms with E-state index in [2.05, 4.69) is 23.8 Å². The normalized spacial score (nSPS) is 22.1. The molecule has 1 saturated heterocycles. The summed E-state index contributed by atoms with van der Waals surface area (Å²) < 4.78 is 5.09. The van der Waals surface area contributed by atoms with Crippen LogP contribution in [0.15, 0.2) is 23.0 Å². The van der Waals surface area contributed by atoms with Crippen LogP contribution in [0.1, 0.15) is 25.3 Å². The molecule has 16 heavy (non-hydrogen) atoms. The van der Waals surface area contributed by atoms with Crippen LogP contribution in [0.2, 0.25) is 0 Å². The van der Waals surface area contributed by atoms with Crippen LogP contribution in [-0.4, -0.2) is 42.5 Å². The fourth-order valence-corrected chi connectivity index (χ4v) is 2.64. The molecular weight excluding hydrogens is 200 g/mol. The van der Waals surface area contributed by atoms with E-state index in [4.69, 9.17) is 4.42 Å². The molecule has 1 aliphatic rings. The minimum atomic E-state index is 0.752. The van der Waals surface area contributed by atoms with E-state index in [9.17, 15) is 0 Å². The van der Waals surface area contributed by atoms with Gasteiger partial charge in [-0.2, -0.15) is 0 Å². The van der Waals surface area contributed by atoms with Gasteiger partial charge in [-0.3, -0.25) is 4.90 Å². The second-order valence-electron chi connectivity index (χ2n) is 4.75. The Hall–Kier alpha value is -0.800. The zero-order valence-corrected chi connectivity index (χ0v) is 10.4. The van der Waals surface area contributed by atoms with Gasteiger partial charge in [-0.25, -0.2) is 0 Å². The molecule has 1 aromatic heterocycles. The van der Waals surface area contributed by atoms with E-state index < -0.39 is 0 Å². The maximum absolute atomic E-state index is 5.09. The van der Waals surface area contributed by atoms with Crippen molar-refractivity contribution >= 4 is 0 Å². The molecule has 1 atom stereocenters. The molecule has 1 unspecified atom stereocenters. The summed E-state index contributed by atoms with van der Waals surface area (Å²) in [6.07, 6.45) is 6.29. The molecule has 0 bridgehead atoms. The molecule has 2 heterocycles. The van der Waals surface area contributed by atoms with E-state index in [1.54, 1.807) is 6.26 Å². The molecule has 3 heteroatoms. The number of furan rings is 1. The molecule has 1 fully saturated rings. The van der Waals surface area contributed by atoms with Crippen molar-refractivity contribution in [2.45, 2.75) is 32.4 Å². The molecule has 0 saturated carbocycles. The second kappa shape index (κ2) is 5.51. The highest BCUT2D eigenvalue weighted by Gasteiger charge is 2.23. The van der Waals surface area contributed by atoms with Crippen LogP contribution in [0.5, 0.6) is 0 Å². The highest BCUT2D eigenvalue weighted by Crippen LogP contribution is 2.17. The molecule has 2 rings (SSSR count). The van der Waals surface area contributed by atoms with Crippen LogP contribution in [-0.2, 0) is 6.54 Å². The Morgan fingerprint density at radius 3 is 3.12 bits per heavy atom. The topological polar surface area (TPSA) is 19.6 Å². The summed E-state index contributed by atoms with van der Waals surface area (Å²) >= 11 is 0. The Kier molecular flexibility index (Phi) is 4.02. The number of hydrogen-bond acceptors (Lipinski definition) is 3. The Morgan fingerprint density at radius 2 is 2.44 bits per heavy atom. The van der Waals surface area contributed by atoms with E-state index in [1.165, 1.54) is 38.0 Å². The van der Waals surface area contributed by atoms with Gasteiger partial charge in [0.2, 0.25) is 0 Å². The van der Waals surface area contributed by atoms with Gasteiger partial charge in [0.25, 0.3) is 0 Å². The van der Waals surface area contributed by atoms with E-state index in [0.717, 1.165) is 12.6 Å². The first kappa shape index (κ1) is 11.7. The van der Waals surface area contributed by atoms with Gasteiger partial charge in [0.1, 0.15) is 0 Å². The van der Waals surface area contributed by atoms with Crippen molar-refractivity contribution in [3.05, 3.63) is 24.2 Å². The van der Waals surface area contributed by atoms with Crippen molar-refractivity contribution in [2.75, 3.05) is 26.7 Å². The molecule has 1 aliphatic heterocycles. The van der Waals surface area contributed by atoms with Gasteiger partial charge in [0, 0.05) is 24.7 Å². The number of likely N-dealkylation sites (N-methyl/N-ethyl adjacent to an activating group) is 2. The summed E-state index contributed by atoms with van der Waals surface area (Å²) in [6, 6.07) is 2.80. The minimum Gasteiger partial charge on any atom is -0.472 e. The van der Waals surface area contributed by atoms with Crippen molar-refractivity contribution in [3.63, 3.8) is 0 Å². The third kappa shape index (κ3) is 2.86. The summed E-state index contributed by atoms with van der Waals surface area (Å²) in [7, 11) is 2.19. The van der Waals surface area contributed by atoms with E-state index in [-0.39, 0.29) is 0 Å². The Bertz CT molecular complexity index is 297. The summed E-state index contributed by atoms with van der Waals surface area (Å²) in [4.78, 5) is 4.98. The lowest BCUT2D eigenvalue weighted by molar-refractivity contribution is 0.194. The quantitative estimate of drug-likeness (QED) is 0.761. The van der Waals surface area contributed by atoms with Gasteiger partial charge in [-0.05, 0) is 39.0 Å². The fraction of sp³-hybridized carbons (Fsp3) is 0.692. The van der Waals surface area contributed by atoms with Crippen molar-refractivity contribution in [1.82, 2.24) is 9.80 Å². The highest BCUT2D eigenvalue weighted by molar-refractivity contribution is 5.04. The van der Waals surface area contributed by atoms with E-state index in [0.29, 0.717) is 0 Å². The van der Waals surface area contributed by atoms with Gasteiger partial charge in [-0.1, -0.05) is 6.92 Å². The molecule has 0 spiro atoms. The average Bonchev–Trinajstić information content (AvgIpc) is 2.88. The zero-order valence-electron chi connectivity index (χ0n) is 10.4. The van der Waals surface area contributed by atoms with Crippen LogP contribution in [0.3, 0.4) is 0 Å². The van der Waals surface area contributed by atoms with Gasteiger partial charge >= 0.3 is 0 Å². The van der Waals surface area contributed by atoms with Gasteiger partial charge in [0.05, 0.1) is 12.5 Å². The van der Waals surface area contributed by atoms with Crippen LogP contribution < -0.4 is 0 Å². The van der Waals surface area contributed by atoms with E-state index >= 15 is 0 Å². The van der Waals surface area contributed by atoms with Crippen LogP contribution in [0.4, 0.5) is 0 Å². The number of nitrogens with zero attached hydrogens (tertiary/aromatic N) is 2. The fourth-order valence-electron chi connectivity index (χ4n) is 2.64. The lowest BCUT2D eigenvalue weighted by atomic mass is 10.2. The highest BCUT2D eigenvalue weighted by atomic mass is 16.3. The van der Waals surface area contributed by atoms with Gasteiger partial charge in [-0.15, -0.1) is 0 Å². The molecule has 1 aromatic rings. The average molecular weight is 222 g/mol. The van der Waals surface area contributed by atoms with E-state index in [1.807, 2.05) is 12.3 Å². The number of likely N-dealkylation sites (tertiary alicyclic amines) is 1. The Labute approximate surface area is 98.0 Å². The smallest absolute Gasteiger partial charge is 0.0947 e. The maximum atomic E-state index is 5.09. The first-order valence-corrected chi connectivity index (χ1v) is 6.23. The number of rotatable bonds is 5. The number of hydrogen-bond donors (Lipinski definition) is 0. The van der Waals surface area contributed by atoms with Crippen LogP contribution in [0, 0.1) is 0 Å². The second-order valence-corrected chi connectivity index (χ2v) is 4.75. The first-order chi connectivity index (χ1) is 7.79. The lowest BCUT2D eigenvalue weighted by Crippen LogP contribution is -2.38. The third-order valence-corrected chi connectivity index (χ3v) is 3.46. The predicted molar refractivity (Wildman–Crippen MR) is 65.3 cm³/mol. The molecular formula is C13H22N2O. The Balaban J connectivity index is 1.80. The van der Waals surface area contributed by atoms with Crippen molar-refractivity contribution in [1.29, 1.82) is 0 Å².